The van der Waals surface area contributed by atoms with Gasteiger partial charge in [-0.1, -0.05) is 0 Å². The summed E-state index contributed by atoms with van der Waals surface area (Å²) in [5.74, 6) is 2.12. The zero-order valence-electron chi connectivity index (χ0n) is 24.9. The van der Waals surface area contributed by atoms with E-state index in [0.717, 1.165) is 11.5 Å². The van der Waals surface area contributed by atoms with Crippen LogP contribution in [-0.2, 0) is 22.7 Å². The number of furan rings is 1. The fraction of sp³-hybridized carbons (Fsp3) is 0.263. The van der Waals surface area contributed by atoms with E-state index in [1.54, 1.807) is 0 Å². The van der Waals surface area contributed by atoms with Crippen molar-refractivity contribution in [2.45, 2.75) is 63.9 Å². The van der Waals surface area contributed by atoms with Gasteiger partial charge in [-0.15, -0.1) is 0 Å². The van der Waals surface area contributed by atoms with Crippen LogP contribution in [-0.4, -0.2) is 15.0 Å². The average molecular weight is 624 g/mol. The van der Waals surface area contributed by atoms with Crippen LogP contribution in [0.2, 0.25) is 4.82 Å². The van der Waals surface area contributed by atoms with Gasteiger partial charge in [0.1, 0.15) is 0 Å². The third kappa shape index (κ3) is 7.70. The molecule has 0 saturated carbocycles. The Morgan fingerprint density at radius 1 is 0.595 bits per heavy atom. The summed E-state index contributed by atoms with van der Waals surface area (Å²) in [5.41, 5.74) is 6.12. The molecule has 0 aliphatic rings. The third-order valence-electron chi connectivity index (χ3n) is 7.64. The van der Waals surface area contributed by atoms with Crippen LogP contribution in [0.4, 0.5) is 0 Å². The Kier molecular flexibility index (Phi) is 10.5. The molecule has 0 unspecified atom stereocenters. The van der Waals surface area contributed by atoms with Crippen molar-refractivity contribution in [3.8, 4) is 0 Å². The minimum atomic E-state index is -0.0587. The summed E-state index contributed by atoms with van der Waals surface area (Å²) < 4.78 is 20.6. The van der Waals surface area contributed by atoms with Crippen LogP contribution in [0.15, 0.2) is 126 Å². The first kappa shape index (κ1) is 30.1. The zero-order chi connectivity index (χ0) is 29.3. The van der Waals surface area contributed by atoms with Gasteiger partial charge in [0.05, 0.1) is 0 Å². The molecule has 5 aromatic rings. The Hall–Kier alpha value is -3.40. The molecule has 0 N–H and O–H groups in total. The van der Waals surface area contributed by atoms with Crippen LogP contribution < -0.4 is 4.46 Å². The molecular formula is C38H40O3Se. The first-order valence-electron chi connectivity index (χ1n) is 14.7. The van der Waals surface area contributed by atoms with E-state index in [4.69, 9.17) is 13.9 Å². The monoisotopic (exact) mass is 624 g/mol. The topological polar surface area (TPSA) is 31.6 Å². The van der Waals surface area contributed by atoms with Crippen molar-refractivity contribution in [1.29, 1.82) is 0 Å². The molecule has 42 heavy (non-hydrogen) atoms. The zero-order valence-corrected chi connectivity index (χ0v) is 26.6. The van der Waals surface area contributed by atoms with Gasteiger partial charge in [0, 0.05) is 0 Å². The molecule has 0 amide bonds. The fourth-order valence-electron chi connectivity index (χ4n) is 5.32. The van der Waals surface area contributed by atoms with Gasteiger partial charge in [0.25, 0.3) is 0 Å². The van der Waals surface area contributed by atoms with E-state index in [9.17, 15) is 0 Å². The van der Waals surface area contributed by atoms with Crippen molar-refractivity contribution in [2.75, 3.05) is 0 Å². The van der Waals surface area contributed by atoms with Gasteiger partial charge in [-0.25, -0.2) is 0 Å². The Labute approximate surface area is 257 Å². The summed E-state index contributed by atoms with van der Waals surface area (Å²) >= 11 is 0.0991. The molecule has 1 aromatic heterocycles. The second-order valence-electron chi connectivity index (χ2n) is 10.8. The molecule has 4 aromatic carbocycles. The van der Waals surface area contributed by atoms with Crippen LogP contribution in [0, 0.1) is 6.92 Å². The maximum atomic E-state index is 6.48. The standard InChI is InChI=1S/C38H40O3Se/c1-27-23-24-36(41-27)37(33-19-12-7-13-20-33)30(4)42-38-34(28(2)39-25-31-15-8-5-9-16-31)21-14-22-35(38)29(3)40-26-32-17-10-6-11-18-32/h5-24,28-30,37H,25-26H2,1-4H3/t28-,29-,30-,37-/m1/s1. The second-order valence-corrected chi connectivity index (χ2v) is 13.7. The first-order valence-corrected chi connectivity index (χ1v) is 16.6. The van der Waals surface area contributed by atoms with Crippen molar-refractivity contribution in [3.05, 3.63) is 161 Å². The summed E-state index contributed by atoms with van der Waals surface area (Å²) in [6.07, 6.45) is -0.117. The van der Waals surface area contributed by atoms with E-state index < -0.39 is 0 Å². The van der Waals surface area contributed by atoms with Gasteiger partial charge < -0.3 is 0 Å². The number of hydrogen-bond donors (Lipinski definition) is 0. The molecule has 0 spiro atoms. The molecule has 4 heteroatoms. The molecule has 0 fully saturated rings. The Balaban J connectivity index is 1.47. The summed E-state index contributed by atoms with van der Waals surface area (Å²) in [7, 11) is 0. The van der Waals surface area contributed by atoms with Crippen molar-refractivity contribution in [1.82, 2.24) is 0 Å². The quantitative estimate of drug-likeness (QED) is 0.123. The number of ether oxygens (including phenoxy) is 2. The molecule has 4 atom stereocenters. The molecular weight excluding hydrogens is 583 g/mol. The van der Waals surface area contributed by atoms with E-state index in [-0.39, 0.29) is 33.1 Å². The average Bonchev–Trinajstić information content (AvgIpc) is 3.45. The first-order chi connectivity index (χ1) is 20.5. The van der Waals surface area contributed by atoms with Gasteiger partial charge in [0.2, 0.25) is 0 Å². The van der Waals surface area contributed by atoms with E-state index >= 15 is 0 Å². The normalized spacial score (nSPS) is 14.3. The number of benzene rings is 4. The van der Waals surface area contributed by atoms with E-state index in [0.29, 0.717) is 18.0 Å². The summed E-state index contributed by atoms with van der Waals surface area (Å²) in [4.78, 5) is 0.327. The molecule has 0 aliphatic heterocycles. The van der Waals surface area contributed by atoms with Crippen LogP contribution in [0.5, 0.6) is 0 Å². The van der Waals surface area contributed by atoms with Crippen molar-refractivity contribution in [2.24, 2.45) is 0 Å². The van der Waals surface area contributed by atoms with Gasteiger partial charge in [-0.3, -0.25) is 0 Å². The Morgan fingerprint density at radius 3 is 1.57 bits per heavy atom. The minimum absolute atomic E-state index is 0.0587. The molecule has 5 rings (SSSR count). The number of aryl methyl sites for hydroxylation is 1. The molecule has 1 heterocycles. The van der Waals surface area contributed by atoms with E-state index in [2.05, 4.69) is 130 Å². The number of hydrogen-bond acceptors (Lipinski definition) is 3. The van der Waals surface area contributed by atoms with Crippen LogP contribution in [0.3, 0.4) is 0 Å². The summed E-state index contributed by atoms with van der Waals surface area (Å²) in [6.45, 7) is 9.88. The predicted molar refractivity (Wildman–Crippen MR) is 172 cm³/mol. The van der Waals surface area contributed by atoms with Gasteiger partial charge in [-0.05, 0) is 0 Å². The van der Waals surface area contributed by atoms with E-state index in [1.807, 2.05) is 19.1 Å². The van der Waals surface area contributed by atoms with Crippen molar-refractivity contribution in [3.63, 3.8) is 0 Å². The van der Waals surface area contributed by atoms with Crippen LogP contribution in [0.25, 0.3) is 0 Å². The van der Waals surface area contributed by atoms with Crippen molar-refractivity contribution < 1.29 is 13.9 Å². The summed E-state index contributed by atoms with van der Waals surface area (Å²) in [5, 5.41) is 0. The predicted octanol–water partition coefficient (Wildman–Crippen LogP) is 9.11. The molecule has 0 saturated heterocycles. The third-order valence-corrected chi connectivity index (χ3v) is 10.5. The number of rotatable bonds is 13. The SMILES string of the molecule is Cc1ccc([C@@H](c2ccccc2)[C@@H](C)[Se]c2c([C@@H](C)OCc3ccccc3)cccc2[C@@H](C)OCc2ccccc2)o1. The Morgan fingerprint density at radius 2 is 1.10 bits per heavy atom. The fourth-order valence-corrected chi connectivity index (χ4v) is 8.55. The molecule has 0 aliphatic carbocycles. The second kappa shape index (κ2) is 14.7. The molecule has 0 bridgehead atoms. The van der Waals surface area contributed by atoms with Gasteiger partial charge >= 0.3 is 258 Å². The Bertz CT molecular complexity index is 1450. The van der Waals surface area contributed by atoms with Crippen LogP contribution >= 0.6 is 0 Å². The molecule has 3 nitrogen and oxygen atoms in total. The summed E-state index contributed by atoms with van der Waals surface area (Å²) in [6, 6.07) is 42.4. The molecule has 0 radical (unpaired) electrons. The maximum absolute atomic E-state index is 6.48. The van der Waals surface area contributed by atoms with Crippen molar-refractivity contribution >= 4 is 19.4 Å². The van der Waals surface area contributed by atoms with E-state index in [1.165, 1.54) is 32.3 Å². The van der Waals surface area contributed by atoms with Gasteiger partial charge in [0.15, 0.2) is 0 Å². The van der Waals surface area contributed by atoms with Gasteiger partial charge in [-0.2, -0.15) is 0 Å². The van der Waals surface area contributed by atoms with Crippen LogP contribution in [0.1, 0.15) is 78.2 Å². The molecule has 216 valence electrons.